The zero-order valence-corrected chi connectivity index (χ0v) is 12.2. The van der Waals surface area contributed by atoms with Gasteiger partial charge < -0.3 is 10.4 Å². The van der Waals surface area contributed by atoms with E-state index in [1.807, 2.05) is 0 Å². The second-order valence-corrected chi connectivity index (χ2v) is 6.80. The molecule has 1 aromatic carbocycles. The van der Waals surface area contributed by atoms with Crippen molar-refractivity contribution in [3.63, 3.8) is 0 Å². The van der Waals surface area contributed by atoms with Crippen molar-refractivity contribution in [3.05, 3.63) is 35.6 Å². The minimum atomic E-state index is -3.50. The number of carboxylic acids is 1. The molecule has 1 unspecified atom stereocenters. The lowest BCUT2D eigenvalue weighted by Gasteiger charge is -2.17. The molecular formula is C13H16FNO5S. The number of rotatable bonds is 7. The Kier molecular flexibility index (Phi) is 5.83. The minimum Gasteiger partial charge on any atom is -0.481 e. The molecule has 1 aromatic rings. The van der Waals surface area contributed by atoms with E-state index in [2.05, 4.69) is 5.32 Å². The third-order valence-electron chi connectivity index (χ3n) is 2.78. The van der Waals surface area contributed by atoms with E-state index in [9.17, 15) is 22.4 Å². The zero-order valence-electron chi connectivity index (χ0n) is 11.4. The van der Waals surface area contributed by atoms with Crippen LogP contribution >= 0.6 is 0 Å². The van der Waals surface area contributed by atoms with Gasteiger partial charge in [0.05, 0.1) is 12.5 Å². The van der Waals surface area contributed by atoms with Gasteiger partial charge in [0.25, 0.3) is 0 Å². The molecule has 0 radical (unpaired) electrons. The Morgan fingerprint density at radius 2 is 1.86 bits per heavy atom. The normalized spacial score (nSPS) is 12.7. The zero-order chi connectivity index (χ0) is 16.0. The molecule has 2 N–H and O–H groups in total. The topological polar surface area (TPSA) is 101 Å². The van der Waals surface area contributed by atoms with Gasteiger partial charge in [-0.05, 0) is 17.7 Å². The first-order valence-corrected chi connectivity index (χ1v) is 8.02. The van der Waals surface area contributed by atoms with Crippen LogP contribution in [-0.2, 0) is 19.4 Å². The number of carboxylic acid groups (broad SMARTS) is 1. The Hall–Kier alpha value is -1.96. The first-order valence-electron chi connectivity index (χ1n) is 6.20. The number of carbonyl (C=O) groups excluding carboxylic acids is 1. The molecule has 0 saturated heterocycles. The van der Waals surface area contributed by atoms with Crippen LogP contribution in [-0.4, -0.2) is 36.9 Å². The Balaban J connectivity index is 2.86. The summed E-state index contributed by atoms with van der Waals surface area (Å²) in [7, 11) is -3.50. The highest BCUT2D eigenvalue weighted by Gasteiger charge is 2.21. The van der Waals surface area contributed by atoms with Crippen molar-refractivity contribution in [2.45, 2.75) is 19.4 Å². The number of hydrogen-bond acceptors (Lipinski definition) is 4. The second-order valence-electron chi connectivity index (χ2n) is 4.45. The number of sulfone groups is 1. The van der Waals surface area contributed by atoms with Crippen molar-refractivity contribution < 1.29 is 27.5 Å². The molecule has 21 heavy (non-hydrogen) atoms. The fourth-order valence-corrected chi connectivity index (χ4v) is 2.35. The van der Waals surface area contributed by atoms with E-state index in [1.54, 1.807) is 0 Å². The smallest absolute Gasteiger partial charge is 0.305 e. The van der Waals surface area contributed by atoms with E-state index in [0.717, 1.165) is 12.1 Å². The lowest BCUT2D eigenvalue weighted by atomic mass is 10.0. The van der Waals surface area contributed by atoms with Crippen molar-refractivity contribution in [3.8, 4) is 0 Å². The summed E-state index contributed by atoms with van der Waals surface area (Å²) in [4.78, 5) is 22.5. The van der Waals surface area contributed by atoms with Gasteiger partial charge in [0.15, 0.2) is 9.84 Å². The Morgan fingerprint density at radius 1 is 1.29 bits per heavy atom. The highest BCUT2D eigenvalue weighted by molar-refractivity contribution is 7.92. The van der Waals surface area contributed by atoms with Crippen molar-refractivity contribution in [2.24, 2.45) is 0 Å². The molecule has 6 nitrogen and oxygen atoms in total. The first-order chi connectivity index (χ1) is 9.73. The van der Waals surface area contributed by atoms with Gasteiger partial charge >= 0.3 is 5.97 Å². The SMILES string of the molecule is CCS(=O)(=O)CC(=O)NC(CC(=O)O)c1ccc(F)cc1. The van der Waals surface area contributed by atoms with Gasteiger partial charge in [-0.15, -0.1) is 0 Å². The van der Waals surface area contributed by atoms with Gasteiger partial charge in [-0.25, -0.2) is 12.8 Å². The van der Waals surface area contributed by atoms with Crippen LogP contribution in [0, 0.1) is 5.82 Å². The number of amides is 1. The van der Waals surface area contributed by atoms with Crippen molar-refractivity contribution in [1.82, 2.24) is 5.32 Å². The van der Waals surface area contributed by atoms with Gasteiger partial charge in [0.2, 0.25) is 5.91 Å². The van der Waals surface area contributed by atoms with Crippen LogP contribution in [0.3, 0.4) is 0 Å². The van der Waals surface area contributed by atoms with Crippen LogP contribution in [0.1, 0.15) is 24.9 Å². The monoisotopic (exact) mass is 317 g/mol. The summed E-state index contributed by atoms with van der Waals surface area (Å²) in [6.45, 7) is 1.41. The van der Waals surface area contributed by atoms with Gasteiger partial charge in [-0.3, -0.25) is 9.59 Å². The average molecular weight is 317 g/mol. The third-order valence-corrected chi connectivity index (χ3v) is 4.36. The molecule has 0 saturated carbocycles. The van der Waals surface area contributed by atoms with Crippen LogP contribution in [0.5, 0.6) is 0 Å². The quantitative estimate of drug-likeness (QED) is 0.778. The standard InChI is InChI=1S/C13H16FNO5S/c1-2-21(19,20)8-12(16)15-11(7-13(17)18)9-3-5-10(14)6-4-9/h3-6,11H,2,7-8H2,1H3,(H,15,16)(H,17,18). The van der Waals surface area contributed by atoms with Gasteiger partial charge in [-0.1, -0.05) is 19.1 Å². The molecule has 0 aliphatic rings. The van der Waals surface area contributed by atoms with E-state index < -0.39 is 45.7 Å². The summed E-state index contributed by atoms with van der Waals surface area (Å²) in [5.74, 6) is -3.33. The van der Waals surface area contributed by atoms with Gasteiger partial charge in [-0.2, -0.15) is 0 Å². The largest absolute Gasteiger partial charge is 0.481 e. The first kappa shape index (κ1) is 17.1. The fourth-order valence-electron chi connectivity index (χ4n) is 1.66. The number of carbonyl (C=O) groups is 2. The number of halogens is 1. The van der Waals surface area contributed by atoms with E-state index in [0.29, 0.717) is 5.56 Å². The molecule has 0 spiro atoms. The molecule has 0 aliphatic heterocycles. The van der Waals surface area contributed by atoms with Crippen LogP contribution in [0.2, 0.25) is 0 Å². The van der Waals surface area contributed by atoms with Gasteiger partial charge in [0.1, 0.15) is 11.6 Å². The summed E-state index contributed by atoms with van der Waals surface area (Å²) < 4.78 is 35.6. The number of benzene rings is 1. The van der Waals surface area contributed by atoms with E-state index >= 15 is 0 Å². The van der Waals surface area contributed by atoms with Crippen molar-refractivity contribution in [1.29, 1.82) is 0 Å². The molecule has 8 heteroatoms. The van der Waals surface area contributed by atoms with Crippen LogP contribution < -0.4 is 5.32 Å². The molecule has 1 amide bonds. The van der Waals surface area contributed by atoms with E-state index in [-0.39, 0.29) is 5.75 Å². The predicted octanol–water partition coefficient (Wildman–Crippen LogP) is 0.892. The van der Waals surface area contributed by atoms with Crippen molar-refractivity contribution >= 4 is 21.7 Å². The highest BCUT2D eigenvalue weighted by Crippen LogP contribution is 2.17. The summed E-state index contributed by atoms with van der Waals surface area (Å²) in [5, 5.41) is 11.2. The molecule has 1 atom stereocenters. The second kappa shape index (κ2) is 7.16. The van der Waals surface area contributed by atoms with Crippen molar-refractivity contribution in [2.75, 3.05) is 11.5 Å². The summed E-state index contributed by atoms with van der Waals surface area (Å²) in [5.41, 5.74) is 0.390. The molecule has 116 valence electrons. The number of hydrogen-bond donors (Lipinski definition) is 2. The summed E-state index contributed by atoms with van der Waals surface area (Å²) >= 11 is 0. The Morgan fingerprint density at radius 3 is 2.33 bits per heavy atom. The summed E-state index contributed by atoms with van der Waals surface area (Å²) in [6.07, 6.45) is -0.427. The lowest BCUT2D eigenvalue weighted by molar-refractivity contribution is -0.137. The van der Waals surface area contributed by atoms with Crippen LogP contribution in [0.15, 0.2) is 24.3 Å². The average Bonchev–Trinajstić information content (AvgIpc) is 2.37. The highest BCUT2D eigenvalue weighted by atomic mass is 32.2. The predicted molar refractivity (Wildman–Crippen MR) is 73.9 cm³/mol. The van der Waals surface area contributed by atoms with Crippen LogP contribution in [0.25, 0.3) is 0 Å². The molecule has 0 fully saturated rings. The molecule has 1 rings (SSSR count). The molecular weight excluding hydrogens is 301 g/mol. The lowest BCUT2D eigenvalue weighted by Crippen LogP contribution is -2.35. The minimum absolute atomic E-state index is 0.180. The Bertz CT molecular complexity index is 612. The summed E-state index contributed by atoms with van der Waals surface area (Å²) in [6, 6.07) is 4.05. The van der Waals surface area contributed by atoms with E-state index in [4.69, 9.17) is 5.11 Å². The van der Waals surface area contributed by atoms with E-state index in [1.165, 1.54) is 19.1 Å². The number of nitrogens with one attached hydrogen (secondary N) is 1. The molecule has 0 aliphatic carbocycles. The maximum Gasteiger partial charge on any atom is 0.305 e. The third kappa shape index (κ3) is 5.90. The fraction of sp³-hybridized carbons (Fsp3) is 0.385. The van der Waals surface area contributed by atoms with Crippen LogP contribution in [0.4, 0.5) is 4.39 Å². The molecule has 0 heterocycles. The maximum absolute atomic E-state index is 12.9. The molecule has 0 bridgehead atoms. The number of aliphatic carboxylic acids is 1. The maximum atomic E-state index is 12.9. The molecule has 0 aromatic heterocycles. The Labute approximate surface area is 121 Å². The van der Waals surface area contributed by atoms with Gasteiger partial charge in [0, 0.05) is 5.75 Å².